The number of esters is 1. The van der Waals surface area contributed by atoms with Crippen molar-refractivity contribution in [1.29, 1.82) is 0 Å². The second-order valence-electron chi connectivity index (χ2n) is 5.35. The SMILES string of the molecule is COC(=O)C(CC(C)C)NC(=O)CNCC1CC1.Cl. The summed E-state index contributed by atoms with van der Waals surface area (Å²) in [6.07, 6.45) is 3.11. The highest BCUT2D eigenvalue weighted by atomic mass is 35.5. The maximum atomic E-state index is 11.7. The maximum Gasteiger partial charge on any atom is 0.328 e. The molecule has 0 saturated heterocycles. The van der Waals surface area contributed by atoms with Gasteiger partial charge >= 0.3 is 5.97 Å². The highest BCUT2D eigenvalue weighted by Gasteiger charge is 2.23. The molecule has 0 aliphatic heterocycles. The van der Waals surface area contributed by atoms with Crippen LogP contribution in [0.5, 0.6) is 0 Å². The summed E-state index contributed by atoms with van der Waals surface area (Å²) in [6, 6.07) is -0.537. The Balaban J connectivity index is 0.00000324. The van der Waals surface area contributed by atoms with Gasteiger partial charge in [0.2, 0.25) is 5.91 Å². The van der Waals surface area contributed by atoms with E-state index in [4.69, 9.17) is 4.74 Å². The molecule has 0 aromatic rings. The lowest BCUT2D eigenvalue weighted by Crippen LogP contribution is -2.45. The lowest BCUT2D eigenvalue weighted by molar-refractivity contribution is -0.145. The number of ether oxygens (including phenoxy) is 1. The maximum absolute atomic E-state index is 11.7. The largest absolute Gasteiger partial charge is 0.467 e. The zero-order valence-electron chi connectivity index (χ0n) is 11.9. The van der Waals surface area contributed by atoms with Crippen molar-refractivity contribution in [2.24, 2.45) is 11.8 Å². The topological polar surface area (TPSA) is 67.4 Å². The van der Waals surface area contributed by atoms with Crippen molar-refractivity contribution < 1.29 is 14.3 Å². The van der Waals surface area contributed by atoms with Crippen LogP contribution in [-0.4, -0.2) is 38.1 Å². The zero-order valence-corrected chi connectivity index (χ0v) is 12.7. The quantitative estimate of drug-likeness (QED) is 0.658. The Morgan fingerprint density at radius 2 is 1.95 bits per heavy atom. The van der Waals surface area contributed by atoms with Gasteiger partial charge in [-0.15, -0.1) is 12.4 Å². The molecule has 19 heavy (non-hydrogen) atoms. The van der Waals surface area contributed by atoms with Gasteiger partial charge in [0.1, 0.15) is 6.04 Å². The molecule has 0 aromatic carbocycles. The lowest BCUT2D eigenvalue weighted by atomic mass is 10.0. The van der Waals surface area contributed by atoms with Crippen LogP contribution >= 0.6 is 12.4 Å². The summed E-state index contributed by atoms with van der Waals surface area (Å²) in [7, 11) is 1.34. The van der Waals surface area contributed by atoms with E-state index in [9.17, 15) is 9.59 Å². The van der Waals surface area contributed by atoms with Gasteiger partial charge in [-0.3, -0.25) is 4.79 Å². The first-order chi connectivity index (χ1) is 8.52. The Labute approximate surface area is 121 Å². The minimum Gasteiger partial charge on any atom is -0.467 e. The van der Waals surface area contributed by atoms with Crippen LogP contribution in [0, 0.1) is 11.8 Å². The van der Waals surface area contributed by atoms with Gasteiger partial charge in [-0.1, -0.05) is 13.8 Å². The second kappa shape index (κ2) is 9.15. The van der Waals surface area contributed by atoms with Crippen molar-refractivity contribution in [2.75, 3.05) is 20.2 Å². The van der Waals surface area contributed by atoms with E-state index in [2.05, 4.69) is 10.6 Å². The van der Waals surface area contributed by atoms with Crippen molar-refractivity contribution in [3.05, 3.63) is 0 Å². The number of hydrogen-bond donors (Lipinski definition) is 2. The summed E-state index contributed by atoms with van der Waals surface area (Å²) >= 11 is 0. The fourth-order valence-electron chi connectivity index (χ4n) is 1.78. The first-order valence-electron chi connectivity index (χ1n) is 6.60. The third kappa shape index (κ3) is 8.06. The molecule has 1 aliphatic carbocycles. The number of halogens is 1. The summed E-state index contributed by atoms with van der Waals surface area (Å²) in [6.45, 7) is 5.17. The van der Waals surface area contributed by atoms with Gasteiger partial charge in [-0.2, -0.15) is 0 Å². The molecule has 1 unspecified atom stereocenters. The van der Waals surface area contributed by atoms with E-state index in [1.165, 1.54) is 20.0 Å². The molecule has 0 heterocycles. The van der Waals surface area contributed by atoms with E-state index in [-0.39, 0.29) is 30.8 Å². The molecular formula is C13H25ClN2O3. The summed E-state index contributed by atoms with van der Waals surface area (Å²) < 4.78 is 4.69. The van der Waals surface area contributed by atoms with Gasteiger partial charge in [0, 0.05) is 0 Å². The number of carbonyl (C=O) groups excluding carboxylic acids is 2. The van der Waals surface area contributed by atoms with Crippen molar-refractivity contribution >= 4 is 24.3 Å². The number of hydrogen-bond acceptors (Lipinski definition) is 4. The van der Waals surface area contributed by atoms with Gasteiger partial charge in [0.25, 0.3) is 0 Å². The summed E-state index contributed by atoms with van der Waals surface area (Å²) in [4.78, 5) is 23.2. The molecule has 1 atom stereocenters. The van der Waals surface area contributed by atoms with Gasteiger partial charge < -0.3 is 15.4 Å². The molecule has 0 radical (unpaired) electrons. The molecule has 1 aliphatic rings. The average molecular weight is 293 g/mol. The van der Waals surface area contributed by atoms with Crippen molar-refractivity contribution in [2.45, 2.75) is 39.2 Å². The number of amides is 1. The second-order valence-corrected chi connectivity index (χ2v) is 5.35. The molecule has 1 rings (SSSR count). The molecular weight excluding hydrogens is 268 g/mol. The molecule has 0 aromatic heterocycles. The van der Waals surface area contributed by atoms with Crippen LogP contribution in [0.25, 0.3) is 0 Å². The molecule has 1 fully saturated rings. The number of methoxy groups -OCH3 is 1. The van der Waals surface area contributed by atoms with E-state index in [1.807, 2.05) is 13.8 Å². The van der Waals surface area contributed by atoms with E-state index in [0.717, 1.165) is 12.5 Å². The summed E-state index contributed by atoms with van der Waals surface area (Å²) in [5.41, 5.74) is 0. The van der Waals surface area contributed by atoms with Crippen molar-refractivity contribution in [3.8, 4) is 0 Å². The van der Waals surface area contributed by atoms with E-state index in [0.29, 0.717) is 12.3 Å². The number of carbonyl (C=O) groups is 2. The van der Waals surface area contributed by atoms with Crippen LogP contribution in [0.15, 0.2) is 0 Å². The third-order valence-corrected chi connectivity index (χ3v) is 2.94. The predicted octanol–water partition coefficient (Wildman–Crippen LogP) is 1.11. The molecule has 1 amide bonds. The van der Waals surface area contributed by atoms with E-state index < -0.39 is 6.04 Å². The molecule has 112 valence electrons. The first-order valence-corrected chi connectivity index (χ1v) is 6.60. The Kier molecular flexibility index (Phi) is 8.76. The van der Waals surface area contributed by atoms with Crippen LogP contribution < -0.4 is 10.6 Å². The minimum absolute atomic E-state index is 0. The highest BCUT2D eigenvalue weighted by molar-refractivity contribution is 5.85. The fourth-order valence-corrected chi connectivity index (χ4v) is 1.78. The molecule has 2 N–H and O–H groups in total. The van der Waals surface area contributed by atoms with Gasteiger partial charge in [-0.25, -0.2) is 4.79 Å². The average Bonchev–Trinajstić information content (AvgIpc) is 3.10. The minimum atomic E-state index is -0.537. The smallest absolute Gasteiger partial charge is 0.328 e. The van der Waals surface area contributed by atoms with Gasteiger partial charge in [0.05, 0.1) is 13.7 Å². The fraction of sp³-hybridized carbons (Fsp3) is 0.846. The van der Waals surface area contributed by atoms with Crippen LogP contribution in [0.4, 0.5) is 0 Å². The standard InChI is InChI=1S/C13H24N2O3.ClH/c1-9(2)6-11(13(17)18-3)15-12(16)8-14-7-10-4-5-10;/h9-11,14H,4-8H2,1-3H3,(H,15,16);1H. The van der Waals surface area contributed by atoms with Crippen LogP contribution in [0.2, 0.25) is 0 Å². The molecule has 1 saturated carbocycles. The summed E-state index contributed by atoms with van der Waals surface area (Å²) in [5.74, 6) is 0.546. The molecule has 6 heteroatoms. The molecule has 5 nitrogen and oxygen atoms in total. The summed E-state index contributed by atoms with van der Waals surface area (Å²) in [5, 5.41) is 5.82. The van der Waals surface area contributed by atoms with Crippen LogP contribution in [0.3, 0.4) is 0 Å². The predicted molar refractivity (Wildman–Crippen MR) is 76.2 cm³/mol. The normalized spacial score (nSPS) is 15.6. The van der Waals surface area contributed by atoms with E-state index in [1.54, 1.807) is 0 Å². The Bertz CT molecular complexity index is 294. The Hall–Kier alpha value is -0.810. The highest BCUT2D eigenvalue weighted by Crippen LogP contribution is 2.27. The number of nitrogens with one attached hydrogen (secondary N) is 2. The zero-order chi connectivity index (χ0) is 13.5. The third-order valence-electron chi connectivity index (χ3n) is 2.94. The Morgan fingerprint density at radius 3 is 2.42 bits per heavy atom. The Morgan fingerprint density at radius 1 is 1.32 bits per heavy atom. The van der Waals surface area contributed by atoms with Gasteiger partial charge in [0.15, 0.2) is 0 Å². The van der Waals surface area contributed by atoms with Crippen molar-refractivity contribution in [3.63, 3.8) is 0 Å². The first kappa shape index (κ1) is 18.2. The molecule has 0 bridgehead atoms. The van der Waals surface area contributed by atoms with E-state index >= 15 is 0 Å². The van der Waals surface area contributed by atoms with Crippen LogP contribution in [0.1, 0.15) is 33.1 Å². The van der Waals surface area contributed by atoms with Gasteiger partial charge in [-0.05, 0) is 37.6 Å². The lowest BCUT2D eigenvalue weighted by Gasteiger charge is -2.18. The number of rotatable bonds is 8. The molecule has 0 spiro atoms. The van der Waals surface area contributed by atoms with Crippen molar-refractivity contribution in [1.82, 2.24) is 10.6 Å². The monoisotopic (exact) mass is 292 g/mol. The van der Waals surface area contributed by atoms with Crippen LogP contribution in [-0.2, 0) is 14.3 Å².